The number of nitrogens with two attached hydrogens (primary N) is 1. The fourth-order valence-electron chi connectivity index (χ4n) is 1.58. The molecule has 21 heavy (non-hydrogen) atoms. The van der Waals surface area contributed by atoms with Gasteiger partial charge in [-0.2, -0.15) is 0 Å². The van der Waals surface area contributed by atoms with E-state index < -0.39 is 17.6 Å². The Bertz CT molecular complexity index is 465. The zero-order valence-corrected chi connectivity index (χ0v) is 12.8. The van der Waals surface area contributed by atoms with Gasteiger partial charge >= 0.3 is 11.9 Å². The number of ether oxygens (including phenoxy) is 2. The molecule has 1 aromatic carbocycles. The van der Waals surface area contributed by atoms with E-state index in [2.05, 4.69) is 0 Å². The Balaban J connectivity index is 2.28. The van der Waals surface area contributed by atoms with E-state index in [0.29, 0.717) is 0 Å². The number of esters is 2. The first-order valence-electron chi connectivity index (χ1n) is 6.96. The van der Waals surface area contributed by atoms with E-state index in [0.717, 1.165) is 5.56 Å². The average molecular weight is 293 g/mol. The van der Waals surface area contributed by atoms with Crippen LogP contribution >= 0.6 is 0 Å². The van der Waals surface area contributed by atoms with Crippen molar-refractivity contribution in [2.45, 2.75) is 51.9 Å². The van der Waals surface area contributed by atoms with Crippen molar-refractivity contribution in [1.82, 2.24) is 0 Å². The van der Waals surface area contributed by atoms with Gasteiger partial charge in [0.2, 0.25) is 0 Å². The maximum Gasteiger partial charge on any atom is 0.323 e. The lowest BCUT2D eigenvalue weighted by Gasteiger charge is -2.22. The van der Waals surface area contributed by atoms with E-state index in [1.807, 2.05) is 30.3 Å². The van der Waals surface area contributed by atoms with Gasteiger partial charge in [-0.15, -0.1) is 0 Å². The van der Waals surface area contributed by atoms with Crippen molar-refractivity contribution in [3.8, 4) is 0 Å². The first kappa shape index (κ1) is 17.2. The van der Waals surface area contributed by atoms with Crippen LogP contribution in [-0.4, -0.2) is 23.6 Å². The van der Waals surface area contributed by atoms with E-state index >= 15 is 0 Å². The van der Waals surface area contributed by atoms with Crippen molar-refractivity contribution in [2.24, 2.45) is 5.73 Å². The molecule has 1 atom stereocenters. The Hall–Kier alpha value is -1.88. The third kappa shape index (κ3) is 7.46. The second-order valence-corrected chi connectivity index (χ2v) is 5.82. The molecule has 116 valence electrons. The van der Waals surface area contributed by atoms with Crippen LogP contribution in [0.3, 0.4) is 0 Å². The maximum absolute atomic E-state index is 11.7. The van der Waals surface area contributed by atoms with Crippen LogP contribution in [0.2, 0.25) is 0 Å². The van der Waals surface area contributed by atoms with Gasteiger partial charge in [0.05, 0.1) is 0 Å². The second-order valence-electron chi connectivity index (χ2n) is 5.82. The Labute approximate surface area is 125 Å². The molecule has 0 amide bonds. The molecular formula is C16H23NO4. The monoisotopic (exact) mass is 293 g/mol. The van der Waals surface area contributed by atoms with Gasteiger partial charge in [-0.1, -0.05) is 30.3 Å². The number of rotatable bonds is 6. The molecule has 0 spiro atoms. The third-order valence-corrected chi connectivity index (χ3v) is 2.61. The fourth-order valence-corrected chi connectivity index (χ4v) is 1.58. The summed E-state index contributed by atoms with van der Waals surface area (Å²) in [6, 6.07) is 8.59. The van der Waals surface area contributed by atoms with Gasteiger partial charge in [-0.05, 0) is 32.8 Å². The SMILES string of the molecule is CC(C)(C)OC(=O)[C@H](N)CCC(=O)OCc1ccccc1. The Morgan fingerprint density at radius 1 is 1.19 bits per heavy atom. The van der Waals surface area contributed by atoms with Crippen molar-refractivity contribution in [1.29, 1.82) is 0 Å². The standard InChI is InChI=1S/C16H23NO4/c1-16(2,3)21-15(19)13(17)9-10-14(18)20-11-12-7-5-4-6-8-12/h4-8,13H,9-11,17H2,1-3H3/t13-/m1/s1. The normalized spacial score (nSPS) is 12.6. The minimum absolute atomic E-state index is 0.0905. The second kappa shape index (κ2) is 7.78. The lowest BCUT2D eigenvalue weighted by atomic mass is 10.1. The summed E-state index contributed by atoms with van der Waals surface area (Å²) in [6.45, 7) is 5.53. The van der Waals surface area contributed by atoms with Crippen molar-refractivity contribution in [3.05, 3.63) is 35.9 Å². The molecule has 0 aromatic heterocycles. The number of carbonyl (C=O) groups is 2. The number of carbonyl (C=O) groups excluding carboxylic acids is 2. The van der Waals surface area contributed by atoms with Crippen LogP contribution in [0, 0.1) is 0 Å². The molecule has 0 saturated heterocycles. The van der Waals surface area contributed by atoms with E-state index in [9.17, 15) is 9.59 Å². The van der Waals surface area contributed by atoms with E-state index in [4.69, 9.17) is 15.2 Å². The third-order valence-electron chi connectivity index (χ3n) is 2.61. The molecule has 0 aliphatic heterocycles. The van der Waals surface area contributed by atoms with Gasteiger partial charge in [0.1, 0.15) is 18.2 Å². The molecule has 0 aliphatic carbocycles. The predicted molar refractivity (Wildman–Crippen MR) is 79.3 cm³/mol. The quantitative estimate of drug-likeness (QED) is 0.813. The Morgan fingerprint density at radius 3 is 2.38 bits per heavy atom. The molecular weight excluding hydrogens is 270 g/mol. The highest BCUT2D eigenvalue weighted by molar-refractivity contribution is 5.77. The highest BCUT2D eigenvalue weighted by atomic mass is 16.6. The molecule has 1 aromatic rings. The van der Waals surface area contributed by atoms with Gasteiger partial charge in [0, 0.05) is 6.42 Å². The van der Waals surface area contributed by atoms with Crippen molar-refractivity contribution >= 4 is 11.9 Å². The lowest BCUT2D eigenvalue weighted by molar-refractivity contribution is -0.156. The Kier molecular flexibility index (Phi) is 6.37. The van der Waals surface area contributed by atoms with Gasteiger partial charge in [0.15, 0.2) is 0 Å². The topological polar surface area (TPSA) is 78.6 Å². The smallest absolute Gasteiger partial charge is 0.323 e. The van der Waals surface area contributed by atoms with Gasteiger partial charge < -0.3 is 15.2 Å². The first-order valence-corrected chi connectivity index (χ1v) is 6.96. The summed E-state index contributed by atoms with van der Waals surface area (Å²) in [4.78, 5) is 23.2. The van der Waals surface area contributed by atoms with Crippen molar-refractivity contribution in [2.75, 3.05) is 0 Å². The van der Waals surface area contributed by atoms with Crippen LogP contribution in [0.5, 0.6) is 0 Å². The van der Waals surface area contributed by atoms with Crippen LogP contribution < -0.4 is 5.73 Å². The summed E-state index contributed by atoms with van der Waals surface area (Å²) < 4.78 is 10.3. The number of hydrogen-bond acceptors (Lipinski definition) is 5. The van der Waals surface area contributed by atoms with Gasteiger partial charge in [0.25, 0.3) is 0 Å². The summed E-state index contributed by atoms with van der Waals surface area (Å²) >= 11 is 0. The fraction of sp³-hybridized carbons (Fsp3) is 0.500. The summed E-state index contributed by atoms with van der Waals surface area (Å²) in [7, 11) is 0. The largest absolute Gasteiger partial charge is 0.461 e. The van der Waals surface area contributed by atoms with Crippen LogP contribution in [0.4, 0.5) is 0 Å². The predicted octanol–water partition coefficient (Wildman–Crippen LogP) is 2.18. The number of benzene rings is 1. The van der Waals surface area contributed by atoms with Crippen LogP contribution in [0.25, 0.3) is 0 Å². The highest BCUT2D eigenvalue weighted by Gasteiger charge is 2.22. The molecule has 0 fully saturated rings. The summed E-state index contributed by atoms with van der Waals surface area (Å²) in [5.74, 6) is -0.878. The highest BCUT2D eigenvalue weighted by Crippen LogP contribution is 2.10. The van der Waals surface area contributed by atoms with Crippen LogP contribution in [0.15, 0.2) is 30.3 Å². The summed E-state index contributed by atoms with van der Waals surface area (Å²) in [6.07, 6.45) is 0.301. The lowest BCUT2D eigenvalue weighted by Crippen LogP contribution is -2.37. The van der Waals surface area contributed by atoms with E-state index in [-0.39, 0.29) is 25.4 Å². The zero-order valence-electron chi connectivity index (χ0n) is 12.8. The number of hydrogen-bond donors (Lipinski definition) is 1. The van der Waals surface area contributed by atoms with Crippen LogP contribution in [0.1, 0.15) is 39.2 Å². The molecule has 0 unspecified atom stereocenters. The molecule has 0 radical (unpaired) electrons. The van der Waals surface area contributed by atoms with Crippen molar-refractivity contribution in [3.63, 3.8) is 0 Å². The maximum atomic E-state index is 11.7. The van der Waals surface area contributed by atoms with E-state index in [1.54, 1.807) is 20.8 Å². The van der Waals surface area contributed by atoms with Crippen molar-refractivity contribution < 1.29 is 19.1 Å². The molecule has 0 heterocycles. The zero-order chi connectivity index (χ0) is 15.9. The van der Waals surface area contributed by atoms with Gasteiger partial charge in [-0.25, -0.2) is 0 Å². The minimum atomic E-state index is -0.812. The molecule has 1 rings (SSSR count). The molecule has 0 bridgehead atoms. The molecule has 2 N–H and O–H groups in total. The summed E-state index contributed by atoms with van der Waals surface area (Å²) in [5.41, 5.74) is 6.04. The van der Waals surface area contributed by atoms with E-state index in [1.165, 1.54) is 0 Å². The molecule has 0 aliphatic rings. The Morgan fingerprint density at radius 2 is 1.81 bits per heavy atom. The van der Waals surface area contributed by atoms with Crippen LogP contribution in [-0.2, 0) is 25.7 Å². The first-order chi connectivity index (χ1) is 9.78. The minimum Gasteiger partial charge on any atom is -0.461 e. The molecule has 5 nitrogen and oxygen atoms in total. The average Bonchev–Trinajstić information content (AvgIpc) is 2.41. The molecule has 0 saturated carbocycles. The summed E-state index contributed by atoms with van der Waals surface area (Å²) in [5, 5.41) is 0. The van der Waals surface area contributed by atoms with Gasteiger partial charge in [-0.3, -0.25) is 9.59 Å². The molecule has 5 heteroatoms.